The highest BCUT2D eigenvalue weighted by atomic mass is 35.5. The second-order valence-electron chi connectivity index (χ2n) is 7.11. The molecule has 11 heteroatoms. The number of nitrogens with one attached hydrogen (secondary N) is 1. The van der Waals surface area contributed by atoms with Crippen LogP contribution < -0.4 is 5.32 Å². The van der Waals surface area contributed by atoms with Gasteiger partial charge in [-0.15, -0.1) is 0 Å². The van der Waals surface area contributed by atoms with Crippen LogP contribution in [-0.2, 0) is 17.5 Å². The fourth-order valence-corrected chi connectivity index (χ4v) is 3.67. The average molecular weight is 449 g/mol. The topological polar surface area (TPSA) is 88.5 Å². The molecule has 1 aliphatic carbocycles. The van der Waals surface area contributed by atoms with Crippen LogP contribution in [0.5, 0.6) is 0 Å². The number of nitrogens with zero attached hydrogens (tertiary/aromatic N) is 5. The van der Waals surface area contributed by atoms with E-state index in [0.717, 1.165) is 12.8 Å². The molecule has 1 N–H and O–H groups in total. The Morgan fingerprint density at radius 2 is 2.00 bits per heavy atom. The summed E-state index contributed by atoms with van der Waals surface area (Å²) in [5.41, 5.74) is -0.0133. The summed E-state index contributed by atoms with van der Waals surface area (Å²) in [6.45, 7) is -0.0746. The number of carbonyl (C=O) groups is 1. The van der Waals surface area contributed by atoms with Gasteiger partial charge in [0.15, 0.2) is 11.5 Å². The molecule has 1 aromatic carbocycles. The van der Waals surface area contributed by atoms with Crippen molar-refractivity contribution in [2.24, 2.45) is 0 Å². The number of alkyl halides is 3. The van der Waals surface area contributed by atoms with Crippen LogP contribution in [0.1, 0.15) is 42.1 Å². The number of hydrogen-bond acceptors (Lipinski definition) is 4. The van der Waals surface area contributed by atoms with Crippen LogP contribution in [-0.4, -0.2) is 25.5 Å². The minimum Gasteiger partial charge on any atom is -0.309 e. The van der Waals surface area contributed by atoms with Crippen molar-refractivity contribution >= 4 is 23.3 Å². The number of rotatable bonds is 6. The van der Waals surface area contributed by atoms with Crippen molar-refractivity contribution in [1.29, 1.82) is 5.26 Å². The number of nitriles is 1. The fraction of sp³-hybridized carbons (Fsp3) is 0.300. The van der Waals surface area contributed by atoms with Gasteiger partial charge in [-0.05, 0) is 25.0 Å². The maximum absolute atomic E-state index is 13.2. The van der Waals surface area contributed by atoms with Crippen molar-refractivity contribution in [1.82, 2.24) is 19.6 Å². The third-order valence-electron chi connectivity index (χ3n) is 4.86. The van der Waals surface area contributed by atoms with E-state index in [-0.39, 0.29) is 30.3 Å². The number of amides is 1. The van der Waals surface area contributed by atoms with E-state index in [1.165, 1.54) is 15.6 Å². The summed E-state index contributed by atoms with van der Waals surface area (Å²) >= 11 is 5.96. The predicted molar refractivity (Wildman–Crippen MR) is 106 cm³/mol. The Hall–Kier alpha value is -3.32. The molecule has 2 aromatic heterocycles. The number of carbonyl (C=O) groups excluding carboxylic acids is 1. The first-order chi connectivity index (χ1) is 14.8. The second-order valence-corrected chi connectivity index (χ2v) is 7.49. The SMILES string of the molecule is N#Cc1cnn(-c2ccccc2)c1NC(=O)CCn1nc(C(F)(F)F)c(Cl)c1C1CC1. The van der Waals surface area contributed by atoms with Crippen molar-refractivity contribution in [2.45, 2.75) is 37.9 Å². The molecule has 1 aliphatic rings. The molecule has 4 rings (SSSR count). The number of benzene rings is 1. The molecule has 31 heavy (non-hydrogen) atoms. The van der Waals surface area contributed by atoms with Gasteiger partial charge in [0, 0.05) is 12.3 Å². The van der Waals surface area contributed by atoms with Crippen LogP contribution in [0.25, 0.3) is 5.69 Å². The Labute approximate surface area is 180 Å². The fourth-order valence-electron chi connectivity index (χ4n) is 3.27. The first kappa shape index (κ1) is 20.9. The lowest BCUT2D eigenvalue weighted by atomic mass is 10.2. The van der Waals surface area contributed by atoms with Crippen molar-refractivity contribution in [3.63, 3.8) is 0 Å². The Kier molecular flexibility index (Phi) is 5.45. The smallest absolute Gasteiger partial charge is 0.309 e. The van der Waals surface area contributed by atoms with Crippen LogP contribution in [0.4, 0.5) is 19.0 Å². The Balaban J connectivity index is 1.53. The van der Waals surface area contributed by atoms with Gasteiger partial charge in [-0.1, -0.05) is 29.8 Å². The Morgan fingerprint density at radius 3 is 2.61 bits per heavy atom. The van der Waals surface area contributed by atoms with Crippen molar-refractivity contribution in [3.05, 3.63) is 58.5 Å². The summed E-state index contributed by atoms with van der Waals surface area (Å²) in [6, 6.07) is 10.9. The Morgan fingerprint density at radius 1 is 1.29 bits per heavy atom. The zero-order valence-corrected chi connectivity index (χ0v) is 16.8. The summed E-state index contributed by atoms with van der Waals surface area (Å²) in [6.07, 6.45) is -2.03. The Bertz CT molecular complexity index is 1160. The molecule has 1 amide bonds. The van der Waals surface area contributed by atoms with Crippen LogP contribution in [0, 0.1) is 11.3 Å². The van der Waals surface area contributed by atoms with E-state index in [0.29, 0.717) is 11.4 Å². The van der Waals surface area contributed by atoms with Crippen molar-refractivity contribution in [3.8, 4) is 11.8 Å². The molecule has 1 saturated carbocycles. The summed E-state index contributed by atoms with van der Waals surface area (Å²) in [5, 5.41) is 19.3. The third kappa shape index (κ3) is 4.27. The summed E-state index contributed by atoms with van der Waals surface area (Å²) in [7, 11) is 0. The number of anilines is 1. The molecule has 160 valence electrons. The lowest BCUT2D eigenvalue weighted by Gasteiger charge is -2.10. The molecule has 0 atom stereocenters. The zero-order valence-electron chi connectivity index (χ0n) is 16.0. The van der Waals surface area contributed by atoms with Crippen molar-refractivity contribution < 1.29 is 18.0 Å². The highest BCUT2D eigenvalue weighted by Crippen LogP contribution is 2.46. The van der Waals surface area contributed by atoms with E-state index < -0.39 is 22.8 Å². The van der Waals surface area contributed by atoms with Gasteiger partial charge in [0.25, 0.3) is 0 Å². The van der Waals surface area contributed by atoms with Gasteiger partial charge < -0.3 is 5.32 Å². The van der Waals surface area contributed by atoms with Gasteiger partial charge in [0.2, 0.25) is 5.91 Å². The maximum Gasteiger partial charge on any atom is 0.436 e. The lowest BCUT2D eigenvalue weighted by Crippen LogP contribution is -2.19. The molecule has 0 radical (unpaired) electrons. The van der Waals surface area contributed by atoms with Crippen LogP contribution in [0.3, 0.4) is 0 Å². The predicted octanol–water partition coefficient (Wildman–Crippen LogP) is 4.52. The van der Waals surface area contributed by atoms with Gasteiger partial charge in [-0.25, -0.2) is 4.68 Å². The highest BCUT2D eigenvalue weighted by Gasteiger charge is 2.42. The summed E-state index contributed by atoms with van der Waals surface area (Å²) in [5.74, 6) is -0.379. The van der Waals surface area contributed by atoms with E-state index in [9.17, 15) is 23.2 Å². The van der Waals surface area contributed by atoms with E-state index in [1.54, 1.807) is 24.3 Å². The number of hydrogen-bond donors (Lipinski definition) is 1. The largest absolute Gasteiger partial charge is 0.436 e. The van der Waals surface area contributed by atoms with Crippen molar-refractivity contribution in [2.75, 3.05) is 5.32 Å². The monoisotopic (exact) mass is 448 g/mol. The van der Waals surface area contributed by atoms with E-state index in [2.05, 4.69) is 15.5 Å². The molecular weight excluding hydrogens is 433 g/mol. The van der Waals surface area contributed by atoms with Gasteiger partial charge in [-0.2, -0.15) is 28.6 Å². The molecule has 0 unspecified atom stereocenters. The highest BCUT2D eigenvalue weighted by molar-refractivity contribution is 6.32. The van der Waals surface area contributed by atoms with Gasteiger partial charge in [0.1, 0.15) is 11.6 Å². The molecule has 1 fully saturated rings. The molecule has 3 aromatic rings. The number of halogens is 4. The number of aromatic nitrogens is 4. The van der Waals surface area contributed by atoms with E-state index >= 15 is 0 Å². The maximum atomic E-state index is 13.2. The molecule has 2 heterocycles. The standard InChI is InChI=1S/C20H16ClF3N6O/c21-16-17(12-6-7-12)29(28-18(16)20(22,23)24)9-8-15(31)27-19-13(10-25)11-26-30(19)14-4-2-1-3-5-14/h1-5,11-12H,6-9H2,(H,27,31). The van der Waals surface area contributed by atoms with Crippen LogP contribution in [0.15, 0.2) is 36.5 Å². The van der Waals surface area contributed by atoms with E-state index in [4.69, 9.17) is 11.6 Å². The van der Waals surface area contributed by atoms with Crippen LogP contribution in [0.2, 0.25) is 5.02 Å². The van der Waals surface area contributed by atoms with Gasteiger partial charge in [-0.3, -0.25) is 9.48 Å². The molecular formula is C20H16ClF3N6O. The minimum atomic E-state index is -4.67. The van der Waals surface area contributed by atoms with E-state index in [1.807, 2.05) is 12.1 Å². The summed E-state index contributed by atoms with van der Waals surface area (Å²) in [4.78, 5) is 12.6. The first-order valence-electron chi connectivity index (χ1n) is 9.46. The number of para-hydroxylation sites is 1. The minimum absolute atomic E-state index is 0.0746. The summed E-state index contributed by atoms with van der Waals surface area (Å²) < 4.78 is 42.1. The van der Waals surface area contributed by atoms with Gasteiger partial charge in [0.05, 0.1) is 29.1 Å². The quantitative estimate of drug-likeness (QED) is 0.600. The lowest BCUT2D eigenvalue weighted by molar-refractivity contribution is -0.141. The molecule has 0 aliphatic heterocycles. The second kappa shape index (κ2) is 8.07. The first-order valence-corrected chi connectivity index (χ1v) is 9.84. The number of aryl methyl sites for hydroxylation is 1. The molecule has 0 bridgehead atoms. The molecule has 7 nitrogen and oxygen atoms in total. The normalized spacial score (nSPS) is 13.8. The molecule has 0 spiro atoms. The zero-order chi connectivity index (χ0) is 22.2. The molecule has 0 saturated heterocycles. The van der Waals surface area contributed by atoms with Crippen LogP contribution >= 0.6 is 11.6 Å². The average Bonchev–Trinajstić information content (AvgIpc) is 3.39. The third-order valence-corrected chi connectivity index (χ3v) is 5.24. The van der Waals surface area contributed by atoms with Gasteiger partial charge >= 0.3 is 6.18 Å².